The fraction of sp³-hybridized carbons (Fsp3) is 0.950. The van der Waals surface area contributed by atoms with Crippen LogP contribution in [-0.2, 0) is 23.1 Å². The van der Waals surface area contributed by atoms with Crippen molar-refractivity contribution in [2.45, 2.75) is 77.2 Å². The van der Waals surface area contributed by atoms with Crippen LogP contribution in [-0.4, -0.2) is 74.1 Å². The number of hydrogen-bond acceptors (Lipinski definition) is 6. The molecule has 174 valence electrons. The fourth-order valence-corrected chi connectivity index (χ4v) is 3.34. The number of carbonyl (C=O) groups excluding carboxylic acids is 1. The molecule has 0 amide bonds. The molecule has 0 aromatic rings. The predicted molar refractivity (Wildman–Crippen MR) is 113 cm³/mol. The fourth-order valence-electron chi connectivity index (χ4n) is 2.59. The lowest BCUT2D eigenvalue weighted by atomic mass is 10.1. The molecule has 0 spiro atoms. The van der Waals surface area contributed by atoms with E-state index in [-0.39, 0.29) is 13.0 Å². The van der Waals surface area contributed by atoms with Gasteiger partial charge in [-0.2, -0.15) is 0 Å². The summed E-state index contributed by atoms with van der Waals surface area (Å²) in [7, 11) is 1.55. The van der Waals surface area contributed by atoms with Crippen LogP contribution in [0.15, 0.2) is 0 Å². The van der Waals surface area contributed by atoms with Gasteiger partial charge >= 0.3 is 13.8 Å². The van der Waals surface area contributed by atoms with Gasteiger partial charge in [-0.15, -0.1) is 0 Å². The molecule has 0 bridgehead atoms. The average molecular weight is 443 g/mol. The van der Waals surface area contributed by atoms with Crippen LogP contribution >= 0.6 is 7.82 Å². The Balaban J connectivity index is 3.89. The number of likely N-dealkylation sites (N-methyl/N-ethyl adjacent to an activating group) is 1. The zero-order chi connectivity index (χ0) is 22.2. The third-order valence-corrected chi connectivity index (χ3v) is 5.41. The van der Waals surface area contributed by atoms with Crippen LogP contribution in [0.2, 0.25) is 0 Å². The number of phosphoric acid groups is 1. The topological polar surface area (TPSA) is 102 Å². The molecule has 0 aliphatic rings. The van der Waals surface area contributed by atoms with Crippen molar-refractivity contribution in [2.24, 2.45) is 0 Å². The van der Waals surface area contributed by atoms with Crippen LogP contribution in [0.3, 0.4) is 0 Å². The first kappa shape index (κ1) is 28.5. The number of phosphoric ester groups is 1. The third kappa shape index (κ3) is 19.2. The number of hydrogen-bond donors (Lipinski definition) is 2. The quantitative estimate of drug-likeness (QED) is 0.136. The maximum Gasteiger partial charge on any atom is 0.472 e. The summed E-state index contributed by atoms with van der Waals surface area (Å²) in [4.78, 5) is 21.5. The van der Waals surface area contributed by atoms with Gasteiger partial charge in [0.15, 0.2) is 0 Å². The first-order valence-electron chi connectivity index (χ1n) is 10.8. The van der Waals surface area contributed by atoms with Gasteiger partial charge in [-0.05, 0) is 6.42 Å². The molecule has 0 saturated carbocycles. The summed E-state index contributed by atoms with van der Waals surface area (Å²) < 4.78 is 27.3. The molecule has 29 heavy (non-hydrogen) atoms. The van der Waals surface area contributed by atoms with Gasteiger partial charge in [-0.3, -0.25) is 13.8 Å². The summed E-state index contributed by atoms with van der Waals surface area (Å²) in [5.74, 6) is -0.436. The summed E-state index contributed by atoms with van der Waals surface area (Å²) in [5.41, 5.74) is 0. The van der Waals surface area contributed by atoms with E-state index < -0.39 is 33.1 Å². The van der Waals surface area contributed by atoms with Crippen molar-refractivity contribution in [1.29, 1.82) is 0 Å². The predicted octanol–water partition coefficient (Wildman–Crippen LogP) is 3.65. The minimum absolute atomic E-state index is 0.0550. The number of quaternary nitrogens is 1. The molecule has 0 saturated heterocycles. The van der Waals surface area contributed by atoms with Crippen LogP contribution in [0, 0.1) is 0 Å². The van der Waals surface area contributed by atoms with E-state index in [1.54, 1.807) is 0 Å². The van der Waals surface area contributed by atoms with E-state index in [9.17, 15) is 19.4 Å². The highest BCUT2D eigenvalue weighted by Gasteiger charge is 2.25. The van der Waals surface area contributed by atoms with Crippen molar-refractivity contribution < 1.29 is 37.6 Å². The summed E-state index contributed by atoms with van der Waals surface area (Å²) >= 11 is 0. The zero-order valence-electron chi connectivity index (χ0n) is 18.8. The normalized spacial score (nSPS) is 15.1. The van der Waals surface area contributed by atoms with Crippen molar-refractivity contribution in [2.75, 3.05) is 47.5 Å². The Morgan fingerprint density at radius 1 is 0.966 bits per heavy atom. The van der Waals surface area contributed by atoms with Crippen LogP contribution < -0.4 is 0 Å². The first-order valence-corrected chi connectivity index (χ1v) is 12.3. The third-order valence-electron chi connectivity index (χ3n) is 4.43. The molecule has 0 aliphatic carbocycles. The van der Waals surface area contributed by atoms with Gasteiger partial charge in [-0.25, -0.2) is 4.57 Å². The largest absolute Gasteiger partial charge is 0.472 e. The van der Waals surface area contributed by atoms with Crippen LogP contribution in [0.25, 0.3) is 0 Å². The Morgan fingerprint density at radius 3 is 2.03 bits per heavy atom. The minimum Gasteiger partial charge on any atom is -0.457 e. The highest BCUT2D eigenvalue weighted by Crippen LogP contribution is 2.43. The zero-order valence-corrected chi connectivity index (χ0v) is 19.7. The van der Waals surface area contributed by atoms with Gasteiger partial charge in [0.25, 0.3) is 0 Å². The maximum absolute atomic E-state index is 11.9. The van der Waals surface area contributed by atoms with Crippen molar-refractivity contribution >= 4 is 13.8 Å². The summed E-state index contributed by atoms with van der Waals surface area (Å²) in [6.07, 6.45) is 9.65. The van der Waals surface area contributed by atoms with E-state index in [4.69, 9.17) is 13.8 Å². The van der Waals surface area contributed by atoms with Crippen molar-refractivity contribution in [1.82, 2.24) is 0 Å². The Hall–Kier alpha value is -0.500. The molecule has 0 aliphatic heterocycles. The van der Waals surface area contributed by atoms with Crippen LogP contribution in [0.1, 0.15) is 71.1 Å². The number of nitrogens with zero attached hydrogens (tertiary/aromatic N) is 1. The SMILES string of the molecule is CCCCCCCCCCC[14C](=O)O[C@H](CO)COP(=O)(O)OCC[N+](C)(C)C. The number of ether oxygens (including phenoxy) is 1. The monoisotopic (exact) mass is 442 g/mol. The second kappa shape index (κ2) is 16.2. The summed E-state index contributed by atoms with van der Waals surface area (Å²) in [6, 6.07) is 0. The molecule has 0 heterocycles. The van der Waals surface area contributed by atoms with E-state index in [2.05, 4.69) is 6.92 Å². The average Bonchev–Trinajstić information content (AvgIpc) is 2.62. The first-order chi connectivity index (χ1) is 13.6. The molecular weight excluding hydrogens is 399 g/mol. The lowest BCUT2D eigenvalue weighted by Gasteiger charge is -2.24. The molecule has 1 unspecified atom stereocenters. The smallest absolute Gasteiger partial charge is 0.457 e. The molecule has 2 atom stereocenters. The number of aliphatic hydroxyl groups is 1. The Kier molecular flexibility index (Phi) is 15.9. The molecule has 0 radical (unpaired) electrons. The van der Waals surface area contributed by atoms with Gasteiger partial charge in [-0.1, -0.05) is 58.3 Å². The lowest BCUT2D eigenvalue weighted by Crippen LogP contribution is -2.37. The lowest BCUT2D eigenvalue weighted by molar-refractivity contribution is -0.870. The Bertz CT molecular complexity index is 468. The molecule has 0 rings (SSSR count). The molecular formula is C20H43NO7P+. The van der Waals surface area contributed by atoms with Gasteiger partial charge in [0, 0.05) is 6.42 Å². The van der Waals surface area contributed by atoms with Crippen LogP contribution in [0.5, 0.6) is 0 Å². The van der Waals surface area contributed by atoms with Gasteiger partial charge in [0.2, 0.25) is 0 Å². The van der Waals surface area contributed by atoms with Crippen molar-refractivity contribution in [3.63, 3.8) is 0 Å². The molecule has 0 aromatic carbocycles. The highest BCUT2D eigenvalue weighted by atomic mass is 31.2. The number of rotatable bonds is 19. The van der Waals surface area contributed by atoms with Crippen LogP contribution in [0.4, 0.5) is 0 Å². The Morgan fingerprint density at radius 2 is 1.52 bits per heavy atom. The maximum atomic E-state index is 11.9. The van der Waals surface area contributed by atoms with E-state index >= 15 is 0 Å². The molecule has 2 N–H and O–H groups in total. The molecule has 0 fully saturated rings. The van der Waals surface area contributed by atoms with Gasteiger partial charge in [0.1, 0.15) is 19.3 Å². The van der Waals surface area contributed by atoms with Crippen molar-refractivity contribution in [3.05, 3.63) is 0 Å². The number of carbonyl (C=O) groups is 1. The number of aliphatic hydroxyl groups excluding tert-OH is 1. The second-order valence-corrected chi connectivity index (χ2v) is 9.94. The Labute approximate surface area is 176 Å². The van der Waals surface area contributed by atoms with E-state index in [0.29, 0.717) is 11.0 Å². The highest BCUT2D eigenvalue weighted by molar-refractivity contribution is 7.47. The second-order valence-electron chi connectivity index (χ2n) is 8.48. The van der Waals surface area contributed by atoms with Gasteiger partial charge in [0.05, 0.1) is 34.4 Å². The number of esters is 1. The number of unbranched alkanes of at least 4 members (excludes halogenated alkanes) is 8. The summed E-state index contributed by atoms with van der Waals surface area (Å²) in [5, 5.41) is 9.31. The van der Waals surface area contributed by atoms with Crippen molar-refractivity contribution in [3.8, 4) is 0 Å². The molecule has 8 nitrogen and oxygen atoms in total. The van der Waals surface area contributed by atoms with E-state index in [1.165, 1.54) is 38.5 Å². The molecule has 9 heteroatoms. The summed E-state index contributed by atoms with van der Waals surface area (Å²) in [6.45, 7) is 1.92. The van der Waals surface area contributed by atoms with E-state index in [1.807, 2.05) is 21.1 Å². The van der Waals surface area contributed by atoms with Gasteiger partial charge < -0.3 is 19.2 Å². The molecule has 0 aromatic heterocycles. The standard InChI is InChI=1S/C20H42NO7P/c1-5-6-7-8-9-10-11-12-13-14-20(23)28-19(17-22)18-27-29(24,25)26-16-15-21(2,3)4/h19,22H,5-18H2,1-4H3/p+1/t19-/m1/s1/i20+2. The van der Waals surface area contributed by atoms with E-state index in [0.717, 1.165) is 19.3 Å². The minimum atomic E-state index is -4.25.